The fourth-order valence-electron chi connectivity index (χ4n) is 2.42. The minimum absolute atomic E-state index is 0.221. The van der Waals surface area contributed by atoms with Gasteiger partial charge in [-0.25, -0.2) is 4.79 Å². The normalized spacial score (nSPS) is 32.2. The van der Waals surface area contributed by atoms with Crippen LogP contribution >= 0.6 is 12.2 Å². The van der Waals surface area contributed by atoms with Crippen LogP contribution in [0.1, 0.15) is 20.8 Å². The first kappa shape index (κ1) is 11.6. The molecule has 4 nitrogen and oxygen atoms in total. The van der Waals surface area contributed by atoms with E-state index in [-0.39, 0.29) is 6.09 Å². The zero-order chi connectivity index (χ0) is 12.1. The molecule has 16 heavy (non-hydrogen) atoms. The quantitative estimate of drug-likeness (QED) is 0.706. The van der Waals surface area contributed by atoms with Crippen molar-refractivity contribution in [3.8, 4) is 0 Å². The second-order valence-corrected chi connectivity index (χ2v) is 6.11. The molecule has 1 heterocycles. The number of amides is 1. The Kier molecular flexibility index (Phi) is 2.61. The van der Waals surface area contributed by atoms with Crippen LogP contribution in [0.25, 0.3) is 0 Å². The van der Waals surface area contributed by atoms with Crippen molar-refractivity contribution in [2.45, 2.75) is 26.4 Å². The lowest BCUT2D eigenvalue weighted by atomic mass is 10.2. The van der Waals surface area contributed by atoms with Gasteiger partial charge in [-0.2, -0.15) is 0 Å². The molecule has 0 aromatic carbocycles. The molecule has 0 aromatic heterocycles. The van der Waals surface area contributed by atoms with Gasteiger partial charge in [0.25, 0.3) is 0 Å². The Morgan fingerprint density at radius 3 is 2.25 bits per heavy atom. The molecule has 1 saturated carbocycles. The molecule has 0 radical (unpaired) electrons. The predicted octanol–water partition coefficient (Wildman–Crippen LogP) is 1.39. The van der Waals surface area contributed by atoms with E-state index in [0.717, 1.165) is 13.1 Å². The van der Waals surface area contributed by atoms with E-state index in [1.165, 1.54) is 0 Å². The largest absolute Gasteiger partial charge is 0.444 e. The Morgan fingerprint density at radius 2 is 1.88 bits per heavy atom. The van der Waals surface area contributed by atoms with Crippen LogP contribution in [0.3, 0.4) is 0 Å². The van der Waals surface area contributed by atoms with Gasteiger partial charge >= 0.3 is 6.09 Å². The second kappa shape index (κ2) is 3.58. The molecular weight excluding hydrogens is 224 g/mol. The fraction of sp³-hybridized carbons (Fsp3) is 0.818. The maximum atomic E-state index is 11.7. The lowest BCUT2D eigenvalue weighted by Crippen LogP contribution is -2.37. The highest BCUT2D eigenvalue weighted by Gasteiger charge is 2.58. The van der Waals surface area contributed by atoms with Crippen molar-refractivity contribution in [1.82, 2.24) is 4.90 Å². The van der Waals surface area contributed by atoms with Crippen LogP contribution in [-0.4, -0.2) is 34.7 Å². The molecule has 2 aliphatic rings. The minimum atomic E-state index is -0.424. The summed E-state index contributed by atoms with van der Waals surface area (Å²) < 4.78 is 5.31. The van der Waals surface area contributed by atoms with Crippen LogP contribution in [0.2, 0.25) is 0 Å². The van der Waals surface area contributed by atoms with Crippen molar-refractivity contribution >= 4 is 23.3 Å². The molecule has 5 heteroatoms. The van der Waals surface area contributed by atoms with Crippen molar-refractivity contribution < 1.29 is 9.53 Å². The van der Waals surface area contributed by atoms with Crippen LogP contribution in [-0.2, 0) is 4.74 Å². The Balaban J connectivity index is 1.85. The summed E-state index contributed by atoms with van der Waals surface area (Å²) in [5.41, 5.74) is 5.18. The summed E-state index contributed by atoms with van der Waals surface area (Å²) in [6.45, 7) is 7.10. The lowest BCUT2D eigenvalue weighted by molar-refractivity contribution is 0.0270. The van der Waals surface area contributed by atoms with Crippen LogP contribution in [0.15, 0.2) is 0 Å². The summed E-state index contributed by atoms with van der Waals surface area (Å²) in [5, 5.41) is 0. The third-order valence-electron chi connectivity index (χ3n) is 3.17. The number of rotatable bonds is 1. The molecule has 2 rings (SSSR count). The number of carbonyl (C=O) groups is 1. The van der Waals surface area contributed by atoms with Crippen molar-refractivity contribution in [3.63, 3.8) is 0 Å². The fourth-order valence-corrected chi connectivity index (χ4v) is 2.77. The average Bonchev–Trinajstić information content (AvgIpc) is 2.60. The van der Waals surface area contributed by atoms with E-state index in [1.807, 2.05) is 20.8 Å². The standard InChI is InChI=1S/C11H18N2O2S/c1-11(2,3)15-10(14)13-4-6-7(5-13)8(6)9(12)16/h6-8H,4-5H2,1-3H3,(H2,12,16)/t6-,7+,8+. The Hall–Kier alpha value is -0.840. The van der Waals surface area contributed by atoms with Crippen molar-refractivity contribution in [3.05, 3.63) is 0 Å². The number of carbonyl (C=O) groups excluding carboxylic acids is 1. The predicted molar refractivity (Wildman–Crippen MR) is 65.1 cm³/mol. The molecule has 0 unspecified atom stereocenters. The number of nitrogens with two attached hydrogens (primary N) is 1. The van der Waals surface area contributed by atoms with Gasteiger partial charge in [-0.15, -0.1) is 0 Å². The van der Waals surface area contributed by atoms with Gasteiger partial charge < -0.3 is 15.4 Å². The summed E-state index contributed by atoms with van der Waals surface area (Å²) in [4.78, 5) is 14.1. The average molecular weight is 242 g/mol. The van der Waals surface area contributed by atoms with Crippen molar-refractivity contribution in [2.24, 2.45) is 23.5 Å². The molecule has 0 bridgehead atoms. The van der Waals surface area contributed by atoms with Crippen LogP contribution < -0.4 is 5.73 Å². The second-order valence-electron chi connectivity index (χ2n) is 5.64. The van der Waals surface area contributed by atoms with Crippen LogP contribution in [0.4, 0.5) is 4.79 Å². The number of fused-ring (bicyclic) bond motifs is 1. The highest BCUT2D eigenvalue weighted by atomic mass is 32.1. The minimum Gasteiger partial charge on any atom is -0.444 e. The smallest absolute Gasteiger partial charge is 0.410 e. The Labute approximate surface area is 101 Å². The molecular formula is C11H18N2O2S. The first-order valence-electron chi connectivity index (χ1n) is 5.57. The van der Waals surface area contributed by atoms with E-state index in [9.17, 15) is 4.79 Å². The molecule has 1 aliphatic carbocycles. The third kappa shape index (κ3) is 2.14. The maximum absolute atomic E-state index is 11.7. The van der Waals surface area contributed by atoms with E-state index in [2.05, 4.69) is 0 Å². The van der Waals surface area contributed by atoms with E-state index in [4.69, 9.17) is 22.7 Å². The van der Waals surface area contributed by atoms with E-state index in [0.29, 0.717) is 22.7 Å². The van der Waals surface area contributed by atoms with Gasteiger partial charge in [0.1, 0.15) is 5.60 Å². The van der Waals surface area contributed by atoms with Crippen LogP contribution in [0.5, 0.6) is 0 Å². The monoisotopic (exact) mass is 242 g/mol. The Morgan fingerprint density at radius 1 is 1.38 bits per heavy atom. The number of nitrogens with zero attached hydrogens (tertiary/aromatic N) is 1. The van der Waals surface area contributed by atoms with E-state index < -0.39 is 5.60 Å². The summed E-state index contributed by atoms with van der Waals surface area (Å²) in [5.74, 6) is 1.31. The highest BCUT2D eigenvalue weighted by molar-refractivity contribution is 7.80. The van der Waals surface area contributed by atoms with Gasteiger partial charge in [0.15, 0.2) is 0 Å². The molecule has 1 aliphatic heterocycles. The zero-order valence-electron chi connectivity index (χ0n) is 9.90. The summed E-state index contributed by atoms with van der Waals surface area (Å²) in [6, 6.07) is 0. The first-order chi connectivity index (χ1) is 7.29. The summed E-state index contributed by atoms with van der Waals surface area (Å²) in [6.07, 6.45) is -0.221. The number of hydrogen-bond donors (Lipinski definition) is 1. The molecule has 90 valence electrons. The molecule has 0 spiro atoms. The first-order valence-corrected chi connectivity index (χ1v) is 5.97. The van der Waals surface area contributed by atoms with Crippen LogP contribution in [0, 0.1) is 17.8 Å². The summed E-state index contributed by atoms with van der Waals surface area (Å²) >= 11 is 4.97. The molecule has 3 atom stereocenters. The molecule has 1 saturated heterocycles. The highest BCUT2D eigenvalue weighted by Crippen LogP contribution is 2.51. The topological polar surface area (TPSA) is 55.6 Å². The van der Waals surface area contributed by atoms with Gasteiger partial charge in [0.2, 0.25) is 0 Å². The zero-order valence-corrected chi connectivity index (χ0v) is 10.7. The van der Waals surface area contributed by atoms with E-state index in [1.54, 1.807) is 4.90 Å². The molecule has 2 fully saturated rings. The summed E-state index contributed by atoms with van der Waals surface area (Å²) in [7, 11) is 0. The number of hydrogen-bond acceptors (Lipinski definition) is 3. The lowest BCUT2D eigenvalue weighted by Gasteiger charge is -2.25. The van der Waals surface area contributed by atoms with Gasteiger partial charge in [0.05, 0.1) is 4.99 Å². The third-order valence-corrected chi connectivity index (χ3v) is 3.45. The van der Waals surface area contributed by atoms with Crippen molar-refractivity contribution in [2.75, 3.05) is 13.1 Å². The molecule has 1 amide bonds. The maximum Gasteiger partial charge on any atom is 0.410 e. The molecule has 2 N–H and O–H groups in total. The number of thiocarbonyl (C=S) groups is 1. The van der Waals surface area contributed by atoms with Crippen molar-refractivity contribution in [1.29, 1.82) is 0 Å². The Bertz CT molecular complexity index is 325. The molecule has 0 aromatic rings. The number of ether oxygens (including phenoxy) is 1. The van der Waals surface area contributed by atoms with E-state index >= 15 is 0 Å². The number of likely N-dealkylation sites (tertiary alicyclic amines) is 1. The van der Waals surface area contributed by atoms with Gasteiger partial charge in [-0.1, -0.05) is 12.2 Å². The van der Waals surface area contributed by atoms with Gasteiger partial charge in [0, 0.05) is 19.0 Å². The van der Waals surface area contributed by atoms with Gasteiger partial charge in [-0.05, 0) is 32.6 Å². The number of piperidine rings is 1. The van der Waals surface area contributed by atoms with Gasteiger partial charge in [-0.3, -0.25) is 0 Å². The SMILES string of the molecule is CC(C)(C)OC(=O)N1C[C@@H]2[C@H](C1)[C@H]2C(N)=S.